The monoisotopic (exact) mass is 301 g/mol. The largest absolute Gasteiger partial charge is 0.494 e. The van der Waals surface area contributed by atoms with Gasteiger partial charge in [-0.3, -0.25) is 9.59 Å². The number of rotatable bonds is 6. The normalized spacial score (nSPS) is 20.9. The fourth-order valence-corrected chi connectivity index (χ4v) is 2.54. The SMILES string of the molecule is CC1=CC(=O)N(c2ccc(OCCCC3CCO3)cc2)C1=O. The number of benzene rings is 1. The maximum atomic E-state index is 11.9. The number of ether oxygens (including phenoxy) is 2. The summed E-state index contributed by atoms with van der Waals surface area (Å²) in [6.45, 7) is 3.17. The van der Waals surface area contributed by atoms with Crippen molar-refractivity contribution in [3.05, 3.63) is 35.9 Å². The lowest BCUT2D eigenvalue weighted by Gasteiger charge is -2.26. The molecule has 0 bridgehead atoms. The lowest BCUT2D eigenvalue weighted by Crippen LogP contribution is -2.30. The number of amides is 2. The molecule has 2 amide bonds. The van der Waals surface area contributed by atoms with Gasteiger partial charge in [0.05, 0.1) is 18.4 Å². The topological polar surface area (TPSA) is 55.8 Å². The molecule has 1 aromatic carbocycles. The number of hydrogen-bond donors (Lipinski definition) is 0. The van der Waals surface area contributed by atoms with E-state index in [1.165, 1.54) is 11.0 Å². The molecule has 2 aliphatic rings. The zero-order chi connectivity index (χ0) is 15.5. The van der Waals surface area contributed by atoms with Gasteiger partial charge >= 0.3 is 0 Å². The summed E-state index contributed by atoms with van der Waals surface area (Å²) in [5.41, 5.74) is 1.03. The third-order valence-electron chi connectivity index (χ3n) is 3.93. The van der Waals surface area contributed by atoms with Gasteiger partial charge in [-0.05, 0) is 50.5 Å². The molecule has 22 heavy (non-hydrogen) atoms. The van der Waals surface area contributed by atoms with Gasteiger partial charge in [-0.1, -0.05) is 0 Å². The van der Waals surface area contributed by atoms with Crippen LogP contribution in [0.3, 0.4) is 0 Å². The second-order valence-corrected chi connectivity index (χ2v) is 5.57. The van der Waals surface area contributed by atoms with Gasteiger partial charge in [-0.15, -0.1) is 0 Å². The first-order valence-electron chi connectivity index (χ1n) is 7.56. The van der Waals surface area contributed by atoms with E-state index in [9.17, 15) is 9.59 Å². The van der Waals surface area contributed by atoms with Gasteiger partial charge in [0.25, 0.3) is 11.8 Å². The first-order chi connectivity index (χ1) is 10.6. The van der Waals surface area contributed by atoms with Gasteiger partial charge in [0.15, 0.2) is 0 Å². The van der Waals surface area contributed by atoms with E-state index in [0.717, 1.165) is 31.6 Å². The number of carbonyl (C=O) groups is 2. The third kappa shape index (κ3) is 3.04. The lowest BCUT2D eigenvalue weighted by molar-refractivity contribution is -0.120. The molecular formula is C17H19NO4. The first kappa shape index (κ1) is 14.8. The average molecular weight is 301 g/mol. The van der Waals surface area contributed by atoms with Gasteiger partial charge < -0.3 is 9.47 Å². The Labute approximate surface area is 129 Å². The quantitative estimate of drug-likeness (QED) is 0.598. The van der Waals surface area contributed by atoms with Gasteiger partial charge in [0.2, 0.25) is 0 Å². The molecule has 1 saturated heterocycles. The van der Waals surface area contributed by atoms with Crippen LogP contribution in [0.25, 0.3) is 0 Å². The Morgan fingerprint density at radius 1 is 1.27 bits per heavy atom. The molecule has 0 aliphatic carbocycles. The second kappa shape index (κ2) is 6.32. The fourth-order valence-electron chi connectivity index (χ4n) is 2.54. The van der Waals surface area contributed by atoms with Crippen LogP contribution in [0.1, 0.15) is 26.2 Å². The molecule has 3 rings (SSSR count). The molecule has 2 heterocycles. The fraction of sp³-hybridized carbons (Fsp3) is 0.412. The number of nitrogens with zero attached hydrogens (tertiary/aromatic N) is 1. The molecule has 1 fully saturated rings. The number of anilines is 1. The molecule has 1 atom stereocenters. The van der Waals surface area contributed by atoms with Crippen molar-refractivity contribution in [2.24, 2.45) is 0 Å². The summed E-state index contributed by atoms with van der Waals surface area (Å²) < 4.78 is 11.0. The maximum Gasteiger partial charge on any atom is 0.261 e. The number of imide groups is 1. The van der Waals surface area contributed by atoms with Gasteiger partial charge in [-0.25, -0.2) is 4.90 Å². The van der Waals surface area contributed by atoms with Crippen molar-refractivity contribution in [1.82, 2.24) is 0 Å². The van der Waals surface area contributed by atoms with E-state index in [1.54, 1.807) is 31.2 Å². The molecule has 1 unspecified atom stereocenters. The highest BCUT2D eigenvalue weighted by Gasteiger charge is 2.29. The summed E-state index contributed by atoms with van der Waals surface area (Å²) in [5, 5.41) is 0. The Morgan fingerprint density at radius 3 is 2.55 bits per heavy atom. The van der Waals surface area contributed by atoms with E-state index in [2.05, 4.69) is 0 Å². The van der Waals surface area contributed by atoms with E-state index in [4.69, 9.17) is 9.47 Å². The molecule has 2 aliphatic heterocycles. The van der Waals surface area contributed by atoms with Crippen LogP contribution < -0.4 is 9.64 Å². The molecule has 5 nitrogen and oxygen atoms in total. The Bertz CT molecular complexity index is 602. The Balaban J connectivity index is 1.52. The smallest absolute Gasteiger partial charge is 0.261 e. The molecule has 116 valence electrons. The van der Waals surface area contributed by atoms with Crippen molar-refractivity contribution in [2.75, 3.05) is 18.1 Å². The van der Waals surface area contributed by atoms with E-state index >= 15 is 0 Å². The lowest BCUT2D eigenvalue weighted by atomic mass is 10.1. The van der Waals surface area contributed by atoms with Crippen molar-refractivity contribution in [2.45, 2.75) is 32.3 Å². The van der Waals surface area contributed by atoms with Crippen molar-refractivity contribution < 1.29 is 19.1 Å². The minimum Gasteiger partial charge on any atom is -0.494 e. The summed E-state index contributed by atoms with van der Waals surface area (Å²) in [6, 6.07) is 7.02. The average Bonchev–Trinajstić information content (AvgIpc) is 2.71. The molecular weight excluding hydrogens is 282 g/mol. The van der Waals surface area contributed by atoms with Crippen molar-refractivity contribution in [3.63, 3.8) is 0 Å². The highest BCUT2D eigenvalue weighted by Crippen LogP contribution is 2.25. The first-order valence-corrected chi connectivity index (χ1v) is 7.56. The van der Waals surface area contributed by atoms with Crippen LogP contribution in [0, 0.1) is 0 Å². The minimum atomic E-state index is -0.295. The van der Waals surface area contributed by atoms with Crippen LogP contribution in [-0.2, 0) is 14.3 Å². The number of hydrogen-bond acceptors (Lipinski definition) is 4. The molecule has 0 spiro atoms. The van der Waals surface area contributed by atoms with Crippen LogP contribution in [-0.4, -0.2) is 31.1 Å². The Hall–Kier alpha value is -2.14. The summed E-state index contributed by atoms with van der Waals surface area (Å²) in [6.07, 6.45) is 4.90. The zero-order valence-corrected chi connectivity index (χ0v) is 12.6. The van der Waals surface area contributed by atoms with E-state index in [-0.39, 0.29) is 11.8 Å². The predicted molar refractivity (Wildman–Crippen MR) is 81.8 cm³/mol. The molecule has 1 aromatic rings. The van der Waals surface area contributed by atoms with Crippen LogP contribution in [0.2, 0.25) is 0 Å². The second-order valence-electron chi connectivity index (χ2n) is 5.57. The predicted octanol–water partition coefficient (Wildman–Crippen LogP) is 2.45. The molecule has 0 N–H and O–H groups in total. The zero-order valence-electron chi connectivity index (χ0n) is 12.6. The van der Waals surface area contributed by atoms with Crippen LogP contribution in [0.5, 0.6) is 5.75 Å². The van der Waals surface area contributed by atoms with Gasteiger partial charge in [0.1, 0.15) is 5.75 Å². The third-order valence-corrected chi connectivity index (χ3v) is 3.93. The number of carbonyl (C=O) groups excluding carboxylic acids is 2. The van der Waals surface area contributed by atoms with E-state index in [1.807, 2.05) is 0 Å². The molecule has 0 aromatic heterocycles. The van der Waals surface area contributed by atoms with Crippen molar-refractivity contribution >= 4 is 17.5 Å². The van der Waals surface area contributed by atoms with Crippen molar-refractivity contribution in [1.29, 1.82) is 0 Å². The Kier molecular flexibility index (Phi) is 4.24. The van der Waals surface area contributed by atoms with Crippen LogP contribution in [0.15, 0.2) is 35.9 Å². The van der Waals surface area contributed by atoms with Crippen LogP contribution >= 0.6 is 0 Å². The maximum absolute atomic E-state index is 11.9. The molecule has 0 saturated carbocycles. The Morgan fingerprint density at radius 2 is 2.00 bits per heavy atom. The molecule has 0 radical (unpaired) electrons. The van der Waals surface area contributed by atoms with Crippen molar-refractivity contribution in [3.8, 4) is 5.75 Å². The minimum absolute atomic E-state index is 0.265. The van der Waals surface area contributed by atoms with Gasteiger partial charge in [-0.2, -0.15) is 0 Å². The van der Waals surface area contributed by atoms with E-state index < -0.39 is 0 Å². The highest BCUT2D eigenvalue weighted by molar-refractivity contribution is 6.30. The van der Waals surface area contributed by atoms with E-state index in [0.29, 0.717) is 24.0 Å². The summed E-state index contributed by atoms with van der Waals surface area (Å²) in [4.78, 5) is 24.9. The highest BCUT2D eigenvalue weighted by atomic mass is 16.5. The van der Waals surface area contributed by atoms with Gasteiger partial charge in [0, 0.05) is 18.3 Å². The summed E-state index contributed by atoms with van der Waals surface area (Å²) >= 11 is 0. The van der Waals surface area contributed by atoms with Crippen LogP contribution in [0.4, 0.5) is 5.69 Å². The molecule has 5 heteroatoms. The standard InChI is InChI=1S/C17H19NO4/c1-12-11-16(19)18(17(12)20)13-4-6-15(7-5-13)21-9-2-3-14-8-10-22-14/h4-7,11,14H,2-3,8-10H2,1H3. The summed E-state index contributed by atoms with van der Waals surface area (Å²) in [5.74, 6) is 0.179. The summed E-state index contributed by atoms with van der Waals surface area (Å²) in [7, 11) is 0.